The van der Waals surface area contributed by atoms with E-state index in [0.717, 1.165) is 0 Å². The molecule has 1 aliphatic heterocycles. The Hall–Kier alpha value is -2.37. The fraction of sp³-hybridized carbons (Fsp3) is 0.357. The monoisotopic (exact) mass is 276 g/mol. The molecule has 1 aliphatic rings. The first-order chi connectivity index (χ1) is 9.49. The van der Waals surface area contributed by atoms with Gasteiger partial charge in [0.1, 0.15) is 0 Å². The minimum absolute atomic E-state index is 0.148. The maximum absolute atomic E-state index is 12.2. The first-order valence-electron chi connectivity index (χ1n) is 6.41. The van der Waals surface area contributed by atoms with Crippen LogP contribution in [0.25, 0.3) is 0 Å². The fourth-order valence-electron chi connectivity index (χ4n) is 2.29. The quantitative estimate of drug-likeness (QED) is 0.849. The van der Waals surface area contributed by atoms with Gasteiger partial charge < -0.3 is 15.7 Å². The molecule has 0 unspecified atom stereocenters. The lowest BCUT2D eigenvalue weighted by Crippen LogP contribution is -2.40. The highest BCUT2D eigenvalue weighted by Gasteiger charge is 2.27. The third-order valence-electron chi connectivity index (χ3n) is 3.55. The van der Waals surface area contributed by atoms with Crippen molar-refractivity contribution in [1.29, 1.82) is 0 Å². The summed E-state index contributed by atoms with van der Waals surface area (Å²) in [5.41, 5.74) is 5.97. The maximum atomic E-state index is 12.2. The van der Waals surface area contributed by atoms with E-state index in [-0.39, 0.29) is 11.8 Å². The molecule has 1 heterocycles. The van der Waals surface area contributed by atoms with Crippen molar-refractivity contribution in [2.75, 3.05) is 13.1 Å². The smallest absolute Gasteiger partial charge is 0.306 e. The number of carbonyl (C=O) groups is 3. The van der Waals surface area contributed by atoms with E-state index >= 15 is 0 Å². The van der Waals surface area contributed by atoms with Crippen molar-refractivity contribution in [3.8, 4) is 0 Å². The molecule has 1 saturated heterocycles. The highest BCUT2D eigenvalue weighted by atomic mass is 16.4. The van der Waals surface area contributed by atoms with Gasteiger partial charge in [0.15, 0.2) is 0 Å². The summed E-state index contributed by atoms with van der Waals surface area (Å²) >= 11 is 0. The van der Waals surface area contributed by atoms with Crippen LogP contribution in [0.15, 0.2) is 24.3 Å². The summed E-state index contributed by atoms with van der Waals surface area (Å²) in [6.07, 6.45) is 0.945. The van der Waals surface area contributed by atoms with Crippen molar-refractivity contribution < 1.29 is 19.5 Å². The molecule has 0 aromatic heterocycles. The molecule has 0 aliphatic carbocycles. The molecule has 0 spiro atoms. The van der Waals surface area contributed by atoms with Gasteiger partial charge in [0, 0.05) is 24.2 Å². The van der Waals surface area contributed by atoms with Crippen LogP contribution in [0.5, 0.6) is 0 Å². The molecule has 1 aromatic rings. The number of carboxylic acid groups (broad SMARTS) is 1. The van der Waals surface area contributed by atoms with Crippen molar-refractivity contribution in [3.63, 3.8) is 0 Å². The molecule has 1 aromatic carbocycles. The summed E-state index contributed by atoms with van der Waals surface area (Å²) < 4.78 is 0. The van der Waals surface area contributed by atoms with E-state index in [1.807, 2.05) is 0 Å². The molecule has 6 nitrogen and oxygen atoms in total. The Labute approximate surface area is 116 Å². The first-order valence-corrected chi connectivity index (χ1v) is 6.41. The summed E-state index contributed by atoms with van der Waals surface area (Å²) in [5, 5.41) is 8.92. The van der Waals surface area contributed by atoms with Gasteiger partial charge in [0.25, 0.3) is 5.91 Å². The molecular formula is C14H16N2O4. The number of nitrogens with zero attached hydrogens (tertiary/aromatic N) is 1. The molecule has 20 heavy (non-hydrogen) atoms. The number of hydrogen-bond donors (Lipinski definition) is 2. The number of rotatable bonds is 3. The number of piperidine rings is 1. The largest absolute Gasteiger partial charge is 0.481 e. The van der Waals surface area contributed by atoms with Crippen LogP contribution < -0.4 is 5.73 Å². The lowest BCUT2D eigenvalue weighted by Gasteiger charge is -2.30. The van der Waals surface area contributed by atoms with Crippen molar-refractivity contribution in [2.24, 2.45) is 11.7 Å². The molecule has 106 valence electrons. The Morgan fingerprint density at radius 3 is 2.00 bits per heavy atom. The molecule has 0 saturated carbocycles. The number of aliphatic carboxylic acids is 1. The molecule has 2 rings (SSSR count). The second-order valence-corrected chi connectivity index (χ2v) is 4.85. The Bertz CT molecular complexity index is 531. The van der Waals surface area contributed by atoms with E-state index in [9.17, 15) is 14.4 Å². The molecule has 6 heteroatoms. The first kappa shape index (κ1) is 14.0. The van der Waals surface area contributed by atoms with Crippen LogP contribution in [-0.2, 0) is 4.79 Å². The predicted molar refractivity (Wildman–Crippen MR) is 71.2 cm³/mol. The van der Waals surface area contributed by atoms with Crippen molar-refractivity contribution in [2.45, 2.75) is 12.8 Å². The Morgan fingerprint density at radius 1 is 1.05 bits per heavy atom. The van der Waals surface area contributed by atoms with Gasteiger partial charge in [0.05, 0.1) is 5.92 Å². The molecule has 3 N–H and O–H groups in total. The highest BCUT2D eigenvalue weighted by Crippen LogP contribution is 2.19. The zero-order valence-electron chi connectivity index (χ0n) is 10.9. The Kier molecular flexibility index (Phi) is 4.02. The van der Waals surface area contributed by atoms with Gasteiger partial charge in [0.2, 0.25) is 5.91 Å². The minimum Gasteiger partial charge on any atom is -0.481 e. The number of amides is 2. The molecular weight excluding hydrogens is 260 g/mol. The van der Waals surface area contributed by atoms with E-state index in [4.69, 9.17) is 10.8 Å². The zero-order valence-corrected chi connectivity index (χ0v) is 10.9. The average molecular weight is 276 g/mol. The van der Waals surface area contributed by atoms with Crippen LogP contribution >= 0.6 is 0 Å². The minimum atomic E-state index is -0.803. The Morgan fingerprint density at radius 2 is 1.55 bits per heavy atom. The van der Waals surface area contributed by atoms with Crippen LogP contribution in [0, 0.1) is 5.92 Å². The molecule has 0 radical (unpaired) electrons. The van der Waals surface area contributed by atoms with Crippen LogP contribution in [0.3, 0.4) is 0 Å². The normalized spacial score (nSPS) is 15.9. The van der Waals surface area contributed by atoms with Gasteiger partial charge in [-0.2, -0.15) is 0 Å². The van der Waals surface area contributed by atoms with Crippen LogP contribution in [0.1, 0.15) is 33.6 Å². The maximum Gasteiger partial charge on any atom is 0.306 e. The lowest BCUT2D eigenvalue weighted by atomic mass is 9.96. The molecule has 1 fully saturated rings. The Balaban J connectivity index is 2.01. The van der Waals surface area contributed by atoms with Crippen LogP contribution in [0.2, 0.25) is 0 Å². The number of nitrogens with two attached hydrogens (primary N) is 1. The van der Waals surface area contributed by atoms with Crippen molar-refractivity contribution >= 4 is 17.8 Å². The molecule has 0 atom stereocenters. The topological polar surface area (TPSA) is 101 Å². The highest BCUT2D eigenvalue weighted by molar-refractivity contribution is 5.97. The summed E-state index contributed by atoms with van der Waals surface area (Å²) in [6, 6.07) is 6.15. The second-order valence-electron chi connectivity index (χ2n) is 4.85. The third-order valence-corrected chi connectivity index (χ3v) is 3.55. The van der Waals surface area contributed by atoms with E-state index in [0.29, 0.717) is 37.1 Å². The SMILES string of the molecule is NC(=O)c1ccc(C(=O)N2CCC(C(=O)O)CC2)cc1. The predicted octanol–water partition coefficient (Wildman–Crippen LogP) is 0.722. The molecule has 2 amide bonds. The number of carbonyl (C=O) groups excluding carboxylic acids is 2. The number of likely N-dealkylation sites (tertiary alicyclic amines) is 1. The van der Waals surface area contributed by atoms with E-state index < -0.39 is 11.9 Å². The van der Waals surface area contributed by atoms with E-state index in [2.05, 4.69) is 0 Å². The number of carboxylic acids is 1. The van der Waals surface area contributed by atoms with E-state index in [1.54, 1.807) is 17.0 Å². The lowest BCUT2D eigenvalue weighted by molar-refractivity contribution is -0.143. The van der Waals surface area contributed by atoms with Gasteiger partial charge >= 0.3 is 5.97 Å². The summed E-state index contributed by atoms with van der Waals surface area (Å²) in [5.74, 6) is -1.85. The zero-order chi connectivity index (χ0) is 14.7. The van der Waals surface area contributed by atoms with Crippen LogP contribution in [-0.4, -0.2) is 40.9 Å². The molecule has 0 bridgehead atoms. The number of primary amides is 1. The summed E-state index contributed by atoms with van der Waals surface area (Å²) in [6.45, 7) is 0.876. The number of hydrogen-bond acceptors (Lipinski definition) is 3. The van der Waals surface area contributed by atoms with E-state index in [1.165, 1.54) is 12.1 Å². The van der Waals surface area contributed by atoms with Gasteiger partial charge in [-0.3, -0.25) is 14.4 Å². The van der Waals surface area contributed by atoms with Gasteiger partial charge in [-0.1, -0.05) is 0 Å². The average Bonchev–Trinajstić information content (AvgIpc) is 2.46. The number of benzene rings is 1. The summed E-state index contributed by atoms with van der Waals surface area (Å²) in [4.78, 5) is 35.7. The van der Waals surface area contributed by atoms with Crippen LogP contribution in [0.4, 0.5) is 0 Å². The fourth-order valence-corrected chi connectivity index (χ4v) is 2.29. The van der Waals surface area contributed by atoms with Gasteiger partial charge in [-0.15, -0.1) is 0 Å². The van der Waals surface area contributed by atoms with Crippen molar-refractivity contribution in [3.05, 3.63) is 35.4 Å². The summed E-state index contributed by atoms with van der Waals surface area (Å²) in [7, 11) is 0. The standard InChI is InChI=1S/C14H16N2O4/c15-12(17)9-1-3-10(4-2-9)13(18)16-7-5-11(6-8-16)14(19)20/h1-4,11H,5-8H2,(H2,15,17)(H,19,20). The van der Waals surface area contributed by atoms with Gasteiger partial charge in [-0.05, 0) is 37.1 Å². The second kappa shape index (κ2) is 5.73. The third kappa shape index (κ3) is 2.96. The van der Waals surface area contributed by atoms with Gasteiger partial charge in [-0.25, -0.2) is 0 Å². The van der Waals surface area contributed by atoms with Crippen molar-refractivity contribution in [1.82, 2.24) is 4.90 Å².